The fourth-order valence-corrected chi connectivity index (χ4v) is 5.17. The number of para-hydroxylation sites is 2. The first-order valence-corrected chi connectivity index (χ1v) is 12.0. The van der Waals surface area contributed by atoms with Crippen molar-refractivity contribution in [2.45, 2.75) is 32.7 Å². The van der Waals surface area contributed by atoms with Crippen LogP contribution in [0.4, 0.5) is 11.4 Å². The number of allylic oxidation sites excluding steroid dienone is 1. The summed E-state index contributed by atoms with van der Waals surface area (Å²) in [5.74, 6) is -0.644. The van der Waals surface area contributed by atoms with Gasteiger partial charge in [0.1, 0.15) is 0 Å². The number of ether oxygens (including phenoxy) is 1. The molecule has 2 aliphatic rings. The number of carbonyl (C=O) groups excluding carboxylic acids is 3. The van der Waals surface area contributed by atoms with Crippen molar-refractivity contribution in [3.63, 3.8) is 0 Å². The topological polar surface area (TPSA) is 75.7 Å². The van der Waals surface area contributed by atoms with E-state index in [0.717, 1.165) is 16.9 Å². The number of esters is 1. The molecular formula is C30H28N2O4. The molecule has 1 amide bonds. The van der Waals surface area contributed by atoms with E-state index in [-0.39, 0.29) is 17.1 Å². The number of anilines is 2. The standard InChI is InChI=1S/C30H28N2O4/c1-30(2)17-23-26(25(33)18-30)27(19-13-15-21(16-14-19)29(35)36-3)32(24-12-8-7-11-22(24)31-23)28(34)20-9-5-4-6-10-20/h4-16,27,31H,17-18H2,1-3H3/t27-/m1/s1. The van der Waals surface area contributed by atoms with Crippen LogP contribution in [-0.4, -0.2) is 24.8 Å². The van der Waals surface area contributed by atoms with Gasteiger partial charge >= 0.3 is 5.97 Å². The summed E-state index contributed by atoms with van der Waals surface area (Å²) in [4.78, 5) is 41.6. The molecule has 6 nitrogen and oxygen atoms in total. The van der Waals surface area contributed by atoms with Gasteiger partial charge in [-0.25, -0.2) is 4.79 Å². The summed E-state index contributed by atoms with van der Waals surface area (Å²) in [6.45, 7) is 4.17. The molecule has 182 valence electrons. The summed E-state index contributed by atoms with van der Waals surface area (Å²) in [5, 5.41) is 3.51. The molecule has 0 bridgehead atoms. The van der Waals surface area contributed by atoms with Gasteiger partial charge in [0, 0.05) is 23.3 Å². The number of ketones is 1. The number of hydrogen-bond acceptors (Lipinski definition) is 5. The number of Topliss-reactive ketones (excluding diaryl/α,β-unsaturated/α-hetero) is 1. The highest BCUT2D eigenvalue weighted by atomic mass is 16.5. The van der Waals surface area contributed by atoms with Crippen LogP contribution in [0.3, 0.4) is 0 Å². The summed E-state index contributed by atoms with van der Waals surface area (Å²) in [5.41, 5.74) is 4.33. The Bertz CT molecular complexity index is 1370. The highest BCUT2D eigenvalue weighted by Crippen LogP contribution is 2.48. The number of nitrogens with zero attached hydrogens (tertiary/aromatic N) is 1. The molecule has 1 heterocycles. The first kappa shape index (κ1) is 23.5. The summed E-state index contributed by atoms with van der Waals surface area (Å²) in [7, 11) is 1.34. The van der Waals surface area contributed by atoms with Crippen molar-refractivity contribution in [3.8, 4) is 0 Å². The smallest absolute Gasteiger partial charge is 0.337 e. The third-order valence-electron chi connectivity index (χ3n) is 6.79. The summed E-state index contributed by atoms with van der Waals surface area (Å²) < 4.78 is 4.85. The minimum absolute atomic E-state index is 0.00876. The maximum atomic E-state index is 14.1. The lowest BCUT2D eigenvalue weighted by molar-refractivity contribution is -0.118. The molecule has 0 saturated heterocycles. The molecule has 3 aromatic carbocycles. The lowest BCUT2D eigenvalue weighted by atomic mass is 9.73. The van der Waals surface area contributed by atoms with Crippen molar-refractivity contribution in [1.29, 1.82) is 0 Å². The molecule has 1 atom stereocenters. The molecule has 0 saturated carbocycles. The van der Waals surface area contributed by atoms with Gasteiger partial charge < -0.3 is 10.1 Å². The maximum Gasteiger partial charge on any atom is 0.337 e. The molecule has 1 aliphatic heterocycles. The first-order valence-electron chi connectivity index (χ1n) is 12.0. The lowest BCUT2D eigenvalue weighted by Crippen LogP contribution is -2.39. The average molecular weight is 481 g/mol. The van der Waals surface area contributed by atoms with E-state index in [0.29, 0.717) is 35.2 Å². The van der Waals surface area contributed by atoms with Crippen molar-refractivity contribution in [2.24, 2.45) is 5.41 Å². The molecule has 6 heteroatoms. The monoisotopic (exact) mass is 480 g/mol. The van der Waals surface area contributed by atoms with Crippen LogP contribution in [-0.2, 0) is 9.53 Å². The molecular weight excluding hydrogens is 452 g/mol. The minimum atomic E-state index is -0.667. The van der Waals surface area contributed by atoms with Crippen molar-refractivity contribution < 1.29 is 19.1 Å². The largest absolute Gasteiger partial charge is 0.465 e. The number of rotatable bonds is 3. The zero-order chi connectivity index (χ0) is 25.4. The fraction of sp³-hybridized carbons (Fsp3) is 0.233. The molecule has 1 aliphatic carbocycles. The molecule has 0 unspecified atom stereocenters. The Morgan fingerprint density at radius 3 is 2.25 bits per heavy atom. The van der Waals surface area contributed by atoms with E-state index in [2.05, 4.69) is 19.2 Å². The average Bonchev–Trinajstić information content (AvgIpc) is 3.02. The summed E-state index contributed by atoms with van der Waals surface area (Å²) in [6, 6.07) is 23.0. The van der Waals surface area contributed by atoms with E-state index in [4.69, 9.17) is 4.74 Å². The van der Waals surface area contributed by atoms with Gasteiger partial charge in [0.15, 0.2) is 5.78 Å². The van der Waals surface area contributed by atoms with Gasteiger partial charge in [-0.15, -0.1) is 0 Å². The van der Waals surface area contributed by atoms with Gasteiger partial charge in [-0.2, -0.15) is 0 Å². The number of fused-ring (bicyclic) bond motifs is 1. The number of nitrogens with one attached hydrogen (secondary N) is 1. The zero-order valence-electron chi connectivity index (χ0n) is 20.6. The normalized spacial score (nSPS) is 18.5. The fourth-order valence-electron chi connectivity index (χ4n) is 5.17. The Kier molecular flexibility index (Phi) is 5.96. The van der Waals surface area contributed by atoms with Crippen molar-refractivity contribution >= 4 is 29.0 Å². The molecule has 0 radical (unpaired) electrons. The van der Waals surface area contributed by atoms with Crippen LogP contribution in [0.1, 0.15) is 59.0 Å². The summed E-state index contributed by atoms with van der Waals surface area (Å²) >= 11 is 0. The number of hydrogen-bond donors (Lipinski definition) is 1. The first-order chi connectivity index (χ1) is 17.3. The van der Waals surface area contributed by atoms with Crippen LogP contribution in [0.15, 0.2) is 90.1 Å². The highest BCUT2D eigenvalue weighted by Gasteiger charge is 2.43. The molecule has 1 N–H and O–H groups in total. The highest BCUT2D eigenvalue weighted by molar-refractivity contribution is 6.12. The van der Waals surface area contributed by atoms with Gasteiger partial charge in [0.25, 0.3) is 5.91 Å². The molecule has 0 fully saturated rings. The molecule has 3 aromatic rings. The van der Waals surface area contributed by atoms with Crippen LogP contribution in [0.5, 0.6) is 0 Å². The van der Waals surface area contributed by atoms with Gasteiger partial charge in [0.2, 0.25) is 0 Å². The maximum absolute atomic E-state index is 14.1. The quantitative estimate of drug-likeness (QED) is 0.470. The van der Waals surface area contributed by atoms with Crippen LogP contribution in [0, 0.1) is 5.41 Å². The van der Waals surface area contributed by atoms with Crippen molar-refractivity contribution in [3.05, 3.63) is 107 Å². The number of carbonyl (C=O) groups is 3. The minimum Gasteiger partial charge on any atom is -0.465 e. The van der Waals surface area contributed by atoms with Gasteiger partial charge in [0.05, 0.1) is 30.1 Å². The second-order valence-electron chi connectivity index (χ2n) is 10.0. The zero-order valence-corrected chi connectivity index (χ0v) is 20.6. The Labute approximate surface area is 210 Å². The van der Waals surface area contributed by atoms with E-state index in [1.807, 2.05) is 42.5 Å². The Morgan fingerprint density at radius 2 is 1.56 bits per heavy atom. The predicted octanol–water partition coefficient (Wildman–Crippen LogP) is 5.93. The van der Waals surface area contributed by atoms with Crippen molar-refractivity contribution in [1.82, 2.24) is 0 Å². The number of benzene rings is 3. The van der Waals surface area contributed by atoms with Crippen LogP contribution in [0.2, 0.25) is 0 Å². The van der Waals surface area contributed by atoms with Crippen LogP contribution < -0.4 is 10.2 Å². The Balaban J connectivity index is 1.76. The molecule has 0 spiro atoms. The second kappa shape index (κ2) is 9.11. The van der Waals surface area contributed by atoms with E-state index >= 15 is 0 Å². The summed E-state index contributed by atoms with van der Waals surface area (Å²) in [6.07, 6.45) is 1.06. The van der Waals surface area contributed by atoms with Crippen LogP contribution >= 0.6 is 0 Å². The lowest BCUT2D eigenvalue weighted by Gasteiger charge is -2.37. The number of methoxy groups -OCH3 is 1. The third-order valence-corrected chi connectivity index (χ3v) is 6.79. The SMILES string of the molecule is COC(=O)c1ccc([C@@H]2C3=C(CC(C)(C)CC3=O)Nc3ccccc3N2C(=O)c2ccccc2)cc1. The Hall–Kier alpha value is -4.19. The molecule has 5 rings (SSSR count). The molecule has 0 aromatic heterocycles. The van der Waals surface area contributed by atoms with Gasteiger partial charge in [-0.3, -0.25) is 14.5 Å². The second-order valence-corrected chi connectivity index (χ2v) is 10.0. The van der Waals surface area contributed by atoms with Crippen LogP contribution in [0.25, 0.3) is 0 Å². The molecule has 36 heavy (non-hydrogen) atoms. The predicted molar refractivity (Wildman–Crippen MR) is 139 cm³/mol. The Morgan fingerprint density at radius 1 is 0.889 bits per heavy atom. The van der Waals surface area contributed by atoms with E-state index in [1.165, 1.54) is 7.11 Å². The third kappa shape index (κ3) is 4.19. The van der Waals surface area contributed by atoms with Gasteiger partial charge in [-0.1, -0.05) is 56.3 Å². The van der Waals surface area contributed by atoms with E-state index in [1.54, 1.807) is 41.3 Å². The van der Waals surface area contributed by atoms with E-state index in [9.17, 15) is 14.4 Å². The number of amides is 1. The van der Waals surface area contributed by atoms with Gasteiger partial charge in [-0.05, 0) is 53.8 Å². The van der Waals surface area contributed by atoms with Crippen molar-refractivity contribution in [2.75, 3.05) is 17.3 Å². The van der Waals surface area contributed by atoms with E-state index < -0.39 is 12.0 Å².